The number of hydrogen-bond acceptors (Lipinski definition) is 6. The van der Waals surface area contributed by atoms with Crippen molar-refractivity contribution in [2.45, 2.75) is 32.2 Å². The number of carbonyl (C=O) groups excluding carboxylic acids is 1. The van der Waals surface area contributed by atoms with Gasteiger partial charge in [-0.3, -0.25) is 4.79 Å². The second-order valence-corrected chi connectivity index (χ2v) is 8.76. The molecule has 2 fully saturated rings. The first kappa shape index (κ1) is 21.6. The van der Waals surface area contributed by atoms with Crippen LogP contribution in [0, 0.1) is 0 Å². The van der Waals surface area contributed by atoms with Crippen LogP contribution in [0.4, 0.5) is 11.6 Å². The Morgan fingerprint density at radius 1 is 0.970 bits per heavy atom. The highest BCUT2D eigenvalue weighted by molar-refractivity contribution is 6.07. The van der Waals surface area contributed by atoms with Gasteiger partial charge in [-0.2, -0.15) is 0 Å². The molecule has 3 aromatic rings. The average Bonchev–Trinajstić information content (AvgIpc) is 3.17. The lowest BCUT2D eigenvalue weighted by molar-refractivity contribution is 0.0304. The normalized spacial score (nSPS) is 17.1. The Morgan fingerprint density at radius 3 is 2.52 bits per heavy atom. The molecule has 33 heavy (non-hydrogen) atoms. The van der Waals surface area contributed by atoms with Crippen LogP contribution in [0.25, 0.3) is 10.9 Å². The Bertz CT molecular complexity index is 1090. The van der Waals surface area contributed by atoms with Gasteiger partial charge in [-0.05, 0) is 36.6 Å². The lowest BCUT2D eigenvalue weighted by Crippen LogP contribution is -2.40. The number of ether oxygens (including phenoxy) is 1. The third-order valence-electron chi connectivity index (χ3n) is 6.46. The van der Waals surface area contributed by atoms with Crippen LogP contribution in [-0.4, -0.2) is 60.2 Å². The molecule has 0 aliphatic carbocycles. The average molecular weight is 446 g/mol. The molecule has 7 heteroatoms. The van der Waals surface area contributed by atoms with Gasteiger partial charge in [0.1, 0.15) is 11.6 Å². The van der Waals surface area contributed by atoms with Gasteiger partial charge < -0.3 is 19.9 Å². The minimum atomic E-state index is 0.0309. The van der Waals surface area contributed by atoms with E-state index in [4.69, 9.17) is 14.7 Å². The maximum absolute atomic E-state index is 13.3. The Morgan fingerprint density at radius 2 is 1.76 bits per heavy atom. The maximum atomic E-state index is 13.3. The third kappa shape index (κ3) is 5.09. The van der Waals surface area contributed by atoms with Crippen molar-refractivity contribution < 1.29 is 9.53 Å². The van der Waals surface area contributed by atoms with Gasteiger partial charge in [0, 0.05) is 44.3 Å². The molecule has 0 bridgehead atoms. The smallest absolute Gasteiger partial charge is 0.254 e. The van der Waals surface area contributed by atoms with E-state index in [1.807, 2.05) is 41.4 Å². The first-order valence-corrected chi connectivity index (χ1v) is 12.0. The number of amides is 1. The van der Waals surface area contributed by atoms with Crippen LogP contribution in [0.2, 0.25) is 0 Å². The van der Waals surface area contributed by atoms with Gasteiger partial charge in [-0.15, -0.1) is 0 Å². The molecule has 0 atom stereocenters. The van der Waals surface area contributed by atoms with Crippen molar-refractivity contribution in [3.63, 3.8) is 0 Å². The van der Waals surface area contributed by atoms with E-state index in [-0.39, 0.29) is 5.91 Å². The molecule has 1 aromatic carbocycles. The molecule has 172 valence electrons. The van der Waals surface area contributed by atoms with Gasteiger partial charge in [0.15, 0.2) is 0 Å². The first-order valence-electron chi connectivity index (χ1n) is 12.0. The number of carbonyl (C=O) groups is 1. The molecule has 0 unspecified atom stereocenters. The summed E-state index contributed by atoms with van der Waals surface area (Å²) in [6.07, 6.45) is 7.04. The van der Waals surface area contributed by atoms with Gasteiger partial charge in [0.2, 0.25) is 0 Å². The fourth-order valence-corrected chi connectivity index (χ4v) is 4.58. The van der Waals surface area contributed by atoms with Gasteiger partial charge in [0.05, 0.1) is 24.3 Å². The summed E-state index contributed by atoms with van der Waals surface area (Å²) in [6.45, 7) is 5.18. The van der Waals surface area contributed by atoms with Crippen molar-refractivity contribution in [2.24, 2.45) is 0 Å². The van der Waals surface area contributed by atoms with Crippen LogP contribution in [-0.2, 0) is 11.3 Å². The highest BCUT2D eigenvalue weighted by Gasteiger charge is 2.21. The number of nitrogens with one attached hydrogen (secondary N) is 1. The van der Waals surface area contributed by atoms with Crippen molar-refractivity contribution in [2.75, 3.05) is 49.6 Å². The molecule has 7 nitrogen and oxygen atoms in total. The zero-order valence-corrected chi connectivity index (χ0v) is 19.0. The summed E-state index contributed by atoms with van der Waals surface area (Å²) in [7, 11) is 0. The minimum Gasteiger partial charge on any atom is -0.378 e. The molecule has 0 radical (unpaired) electrons. The minimum absolute atomic E-state index is 0.0309. The predicted molar refractivity (Wildman–Crippen MR) is 131 cm³/mol. The molecule has 0 spiro atoms. The molecule has 5 rings (SSSR count). The lowest BCUT2D eigenvalue weighted by Gasteiger charge is -2.27. The van der Waals surface area contributed by atoms with Crippen LogP contribution < -0.4 is 10.2 Å². The highest BCUT2D eigenvalue weighted by Crippen LogP contribution is 2.23. The molecular weight excluding hydrogens is 414 g/mol. The van der Waals surface area contributed by atoms with Crippen LogP contribution in [0.3, 0.4) is 0 Å². The zero-order valence-electron chi connectivity index (χ0n) is 19.0. The van der Waals surface area contributed by atoms with E-state index in [9.17, 15) is 4.79 Å². The molecule has 1 N–H and O–H groups in total. The number of hydrogen-bond donors (Lipinski definition) is 1. The summed E-state index contributed by atoms with van der Waals surface area (Å²) in [5.74, 6) is 1.79. The number of nitrogens with zero attached hydrogens (tertiary/aromatic N) is 4. The molecule has 1 amide bonds. The largest absolute Gasteiger partial charge is 0.378 e. The number of aromatic nitrogens is 2. The van der Waals surface area contributed by atoms with Gasteiger partial charge in [-0.25, -0.2) is 9.97 Å². The van der Waals surface area contributed by atoms with E-state index in [1.54, 1.807) is 0 Å². The van der Waals surface area contributed by atoms with E-state index in [2.05, 4.69) is 22.3 Å². The number of benzene rings is 1. The number of fused-ring (bicyclic) bond motifs is 1. The van der Waals surface area contributed by atoms with Crippen molar-refractivity contribution in [3.8, 4) is 0 Å². The van der Waals surface area contributed by atoms with Crippen LogP contribution >= 0.6 is 0 Å². The molecule has 4 heterocycles. The fourth-order valence-electron chi connectivity index (χ4n) is 4.58. The summed E-state index contributed by atoms with van der Waals surface area (Å²) in [5, 5.41) is 4.28. The van der Waals surface area contributed by atoms with Crippen molar-refractivity contribution in [3.05, 3.63) is 59.8 Å². The summed E-state index contributed by atoms with van der Waals surface area (Å²) in [4.78, 5) is 27.0. The number of pyridine rings is 2. The quantitative estimate of drug-likeness (QED) is 0.638. The maximum Gasteiger partial charge on any atom is 0.254 e. The summed E-state index contributed by atoms with van der Waals surface area (Å²) < 4.78 is 5.41. The number of anilines is 2. The molecule has 2 aliphatic heterocycles. The Hall–Kier alpha value is -3.19. The lowest BCUT2D eigenvalue weighted by atomic mass is 10.1. The van der Waals surface area contributed by atoms with Crippen molar-refractivity contribution in [1.82, 2.24) is 14.9 Å². The van der Waals surface area contributed by atoms with Crippen LogP contribution in [0.1, 0.15) is 41.6 Å². The van der Waals surface area contributed by atoms with Gasteiger partial charge >= 0.3 is 0 Å². The van der Waals surface area contributed by atoms with E-state index in [1.165, 1.54) is 25.7 Å². The molecule has 2 aliphatic rings. The van der Waals surface area contributed by atoms with E-state index in [0.29, 0.717) is 44.2 Å². The topological polar surface area (TPSA) is 70.6 Å². The second-order valence-electron chi connectivity index (χ2n) is 8.76. The number of para-hydroxylation sites is 1. The first-order chi connectivity index (χ1) is 16.3. The molecule has 2 saturated heterocycles. The monoisotopic (exact) mass is 445 g/mol. The van der Waals surface area contributed by atoms with E-state index in [0.717, 1.165) is 35.4 Å². The van der Waals surface area contributed by atoms with Gasteiger partial charge in [0.25, 0.3) is 5.91 Å². The summed E-state index contributed by atoms with van der Waals surface area (Å²) >= 11 is 0. The number of rotatable bonds is 5. The predicted octanol–water partition coefficient (Wildman–Crippen LogP) is 4.09. The standard InChI is InChI=1S/C26H31N5O2/c32-26(31-13-15-33-16-14-31)22-17-24(29-23-8-4-3-7-21(22)23)27-18-20-9-10-25(28-19-20)30-11-5-1-2-6-12-30/h3-4,7-10,17,19H,1-2,5-6,11-16,18H2,(H,27,29). The van der Waals surface area contributed by atoms with E-state index >= 15 is 0 Å². The second kappa shape index (κ2) is 10.2. The molecule has 2 aromatic heterocycles. The molecule has 0 saturated carbocycles. The number of morpholine rings is 1. The fraction of sp³-hybridized carbons (Fsp3) is 0.423. The Kier molecular flexibility index (Phi) is 6.67. The zero-order chi connectivity index (χ0) is 22.5. The summed E-state index contributed by atoms with van der Waals surface area (Å²) in [5.41, 5.74) is 2.58. The van der Waals surface area contributed by atoms with Gasteiger partial charge in [-0.1, -0.05) is 37.1 Å². The van der Waals surface area contributed by atoms with Crippen LogP contribution in [0.15, 0.2) is 48.7 Å². The van der Waals surface area contributed by atoms with Crippen molar-refractivity contribution >= 4 is 28.4 Å². The van der Waals surface area contributed by atoms with Crippen LogP contribution in [0.5, 0.6) is 0 Å². The summed E-state index contributed by atoms with van der Waals surface area (Å²) in [6, 6.07) is 13.9. The third-order valence-corrected chi connectivity index (χ3v) is 6.46. The SMILES string of the molecule is O=C(c1cc(NCc2ccc(N3CCCCCC3)nc2)nc2ccccc12)N1CCOCC1. The Labute approximate surface area is 194 Å². The molecular formula is C26H31N5O2. The van der Waals surface area contributed by atoms with Crippen molar-refractivity contribution in [1.29, 1.82) is 0 Å². The Balaban J connectivity index is 1.32. The van der Waals surface area contributed by atoms with E-state index < -0.39 is 0 Å². The highest BCUT2D eigenvalue weighted by atomic mass is 16.5.